The zero-order chi connectivity index (χ0) is 13.5. The van der Waals surface area contributed by atoms with Crippen LogP contribution in [0.15, 0.2) is 24.3 Å². The Labute approximate surface area is 110 Å². The highest BCUT2D eigenvalue weighted by molar-refractivity contribution is 5.95. The van der Waals surface area contributed by atoms with Crippen LogP contribution in [0.1, 0.15) is 39.2 Å². The molecule has 0 spiro atoms. The summed E-state index contributed by atoms with van der Waals surface area (Å²) in [4.78, 5) is 12.0. The number of hydrogen-bond acceptors (Lipinski definition) is 2. The van der Waals surface area contributed by atoms with Crippen molar-refractivity contribution in [2.45, 2.75) is 46.1 Å². The lowest BCUT2D eigenvalue weighted by Gasteiger charge is -2.16. The average molecular weight is 248 g/mol. The van der Waals surface area contributed by atoms with Gasteiger partial charge in [0.2, 0.25) is 5.91 Å². The van der Waals surface area contributed by atoms with Crippen LogP contribution in [0.3, 0.4) is 0 Å². The molecule has 3 heteroatoms. The molecule has 1 aromatic rings. The van der Waals surface area contributed by atoms with Crippen molar-refractivity contribution in [3.8, 4) is 0 Å². The highest BCUT2D eigenvalue weighted by Crippen LogP contribution is 2.17. The van der Waals surface area contributed by atoms with Crippen molar-refractivity contribution >= 4 is 11.6 Å². The van der Waals surface area contributed by atoms with E-state index >= 15 is 0 Å². The third kappa shape index (κ3) is 4.49. The standard InChI is InChI=1S/C15H24N2O/c1-4-7-12-8-5-6-9-14(12)17-15(18)13(16)10-11(2)3/h5-6,8-9,11,13H,4,7,10,16H2,1-3H3,(H,17,18)/t13-/m0/s1. The van der Waals surface area contributed by atoms with Crippen LogP contribution in [0.2, 0.25) is 0 Å². The van der Waals surface area contributed by atoms with Gasteiger partial charge in [0, 0.05) is 5.69 Å². The second-order valence-electron chi connectivity index (χ2n) is 5.13. The maximum Gasteiger partial charge on any atom is 0.241 e. The molecule has 0 aliphatic rings. The SMILES string of the molecule is CCCc1ccccc1NC(=O)[C@@H](N)CC(C)C. The number of amides is 1. The van der Waals surface area contributed by atoms with E-state index in [1.165, 1.54) is 5.56 Å². The lowest BCUT2D eigenvalue weighted by atomic mass is 10.0. The van der Waals surface area contributed by atoms with E-state index in [2.05, 4.69) is 26.1 Å². The fourth-order valence-corrected chi connectivity index (χ4v) is 1.97. The smallest absolute Gasteiger partial charge is 0.241 e. The largest absolute Gasteiger partial charge is 0.324 e. The van der Waals surface area contributed by atoms with Gasteiger partial charge in [-0.05, 0) is 30.4 Å². The van der Waals surface area contributed by atoms with E-state index in [-0.39, 0.29) is 5.91 Å². The second kappa shape index (κ2) is 7.17. The van der Waals surface area contributed by atoms with E-state index < -0.39 is 6.04 Å². The van der Waals surface area contributed by atoms with Crippen LogP contribution in [0.5, 0.6) is 0 Å². The minimum Gasteiger partial charge on any atom is -0.324 e. The fourth-order valence-electron chi connectivity index (χ4n) is 1.97. The molecule has 1 atom stereocenters. The summed E-state index contributed by atoms with van der Waals surface area (Å²) >= 11 is 0. The topological polar surface area (TPSA) is 55.1 Å². The molecule has 1 aromatic carbocycles. The predicted molar refractivity (Wildman–Crippen MR) is 76.5 cm³/mol. The van der Waals surface area contributed by atoms with Crippen LogP contribution >= 0.6 is 0 Å². The van der Waals surface area contributed by atoms with Gasteiger partial charge in [0.05, 0.1) is 6.04 Å². The molecule has 0 radical (unpaired) electrons. The first kappa shape index (κ1) is 14.7. The zero-order valence-corrected chi connectivity index (χ0v) is 11.6. The van der Waals surface area contributed by atoms with Crippen LogP contribution in [0, 0.1) is 5.92 Å². The monoisotopic (exact) mass is 248 g/mol. The molecule has 0 bridgehead atoms. The highest BCUT2D eigenvalue weighted by Gasteiger charge is 2.15. The lowest BCUT2D eigenvalue weighted by Crippen LogP contribution is -2.36. The number of para-hydroxylation sites is 1. The molecule has 1 rings (SSSR count). The maximum atomic E-state index is 12.0. The van der Waals surface area contributed by atoms with Crippen molar-refractivity contribution in [3.63, 3.8) is 0 Å². The van der Waals surface area contributed by atoms with Gasteiger partial charge in [-0.1, -0.05) is 45.4 Å². The highest BCUT2D eigenvalue weighted by atomic mass is 16.2. The van der Waals surface area contributed by atoms with Crippen molar-refractivity contribution < 1.29 is 4.79 Å². The minimum atomic E-state index is -0.431. The van der Waals surface area contributed by atoms with Gasteiger partial charge in [0.1, 0.15) is 0 Å². The third-order valence-corrected chi connectivity index (χ3v) is 2.86. The van der Waals surface area contributed by atoms with Gasteiger partial charge >= 0.3 is 0 Å². The molecule has 1 amide bonds. The van der Waals surface area contributed by atoms with Crippen LogP contribution in [-0.4, -0.2) is 11.9 Å². The Morgan fingerprint density at radius 1 is 1.33 bits per heavy atom. The number of rotatable bonds is 6. The Morgan fingerprint density at radius 3 is 2.61 bits per heavy atom. The molecule has 100 valence electrons. The summed E-state index contributed by atoms with van der Waals surface area (Å²) in [7, 11) is 0. The summed E-state index contributed by atoms with van der Waals surface area (Å²) in [5.74, 6) is 0.337. The maximum absolute atomic E-state index is 12.0. The van der Waals surface area contributed by atoms with Crippen LogP contribution in [-0.2, 0) is 11.2 Å². The van der Waals surface area contributed by atoms with Crippen LogP contribution < -0.4 is 11.1 Å². The van der Waals surface area contributed by atoms with E-state index in [0.29, 0.717) is 12.3 Å². The molecule has 3 N–H and O–H groups in total. The molecular formula is C15H24N2O. The van der Waals surface area contributed by atoms with Gasteiger partial charge in [-0.2, -0.15) is 0 Å². The van der Waals surface area contributed by atoms with Crippen LogP contribution in [0.25, 0.3) is 0 Å². The molecule has 3 nitrogen and oxygen atoms in total. The van der Waals surface area contributed by atoms with Crippen molar-refractivity contribution in [1.82, 2.24) is 0 Å². The summed E-state index contributed by atoms with van der Waals surface area (Å²) in [5.41, 5.74) is 7.94. The predicted octanol–water partition coefficient (Wildman–Crippen LogP) is 2.95. The van der Waals surface area contributed by atoms with Crippen molar-refractivity contribution in [1.29, 1.82) is 0 Å². The normalized spacial score (nSPS) is 12.5. The average Bonchev–Trinajstić information content (AvgIpc) is 2.31. The molecule has 0 unspecified atom stereocenters. The number of anilines is 1. The van der Waals surface area contributed by atoms with E-state index in [9.17, 15) is 4.79 Å². The Hall–Kier alpha value is -1.35. The summed E-state index contributed by atoms with van der Waals surface area (Å²) in [6.45, 7) is 6.26. The molecule has 18 heavy (non-hydrogen) atoms. The summed E-state index contributed by atoms with van der Waals surface area (Å²) in [6.07, 6.45) is 2.74. The molecule has 0 aromatic heterocycles. The molecule has 0 aliphatic carbocycles. The molecule has 0 aliphatic heterocycles. The van der Waals surface area contributed by atoms with Crippen molar-refractivity contribution in [2.24, 2.45) is 11.7 Å². The number of carbonyl (C=O) groups excluding carboxylic acids is 1. The van der Waals surface area contributed by atoms with E-state index in [0.717, 1.165) is 18.5 Å². The number of aryl methyl sites for hydroxylation is 1. The van der Waals surface area contributed by atoms with Crippen molar-refractivity contribution in [2.75, 3.05) is 5.32 Å². The first-order valence-electron chi connectivity index (χ1n) is 6.69. The third-order valence-electron chi connectivity index (χ3n) is 2.86. The first-order chi connectivity index (χ1) is 8.54. The molecule has 0 saturated heterocycles. The molecule has 0 fully saturated rings. The van der Waals surface area contributed by atoms with Gasteiger partial charge in [0.25, 0.3) is 0 Å². The number of nitrogens with one attached hydrogen (secondary N) is 1. The summed E-state index contributed by atoms with van der Waals surface area (Å²) < 4.78 is 0. The first-order valence-corrected chi connectivity index (χ1v) is 6.69. The lowest BCUT2D eigenvalue weighted by molar-refractivity contribution is -0.117. The number of nitrogens with two attached hydrogens (primary N) is 1. The minimum absolute atomic E-state index is 0.0905. The zero-order valence-electron chi connectivity index (χ0n) is 11.6. The summed E-state index contributed by atoms with van der Waals surface area (Å²) in [5, 5.41) is 2.94. The quantitative estimate of drug-likeness (QED) is 0.813. The van der Waals surface area contributed by atoms with Gasteiger partial charge in [0.15, 0.2) is 0 Å². The molecule has 0 saturated carbocycles. The number of hydrogen-bond donors (Lipinski definition) is 2. The van der Waals surface area contributed by atoms with E-state index in [1.54, 1.807) is 0 Å². The van der Waals surface area contributed by atoms with Crippen molar-refractivity contribution in [3.05, 3.63) is 29.8 Å². The Bertz CT molecular complexity index is 388. The molecule has 0 heterocycles. The van der Waals surface area contributed by atoms with Gasteiger partial charge in [-0.15, -0.1) is 0 Å². The van der Waals surface area contributed by atoms with Gasteiger partial charge in [-0.3, -0.25) is 4.79 Å². The Balaban J connectivity index is 2.69. The van der Waals surface area contributed by atoms with Gasteiger partial charge in [-0.25, -0.2) is 0 Å². The Morgan fingerprint density at radius 2 is 2.00 bits per heavy atom. The Kier molecular flexibility index (Phi) is 5.86. The summed E-state index contributed by atoms with van der Waals surface area (Å²) in [6, 6.07) is 7.48. The second-order valence-corrected chi connectivity index (χ2v) is 5.13. The van der Waals surface area contributed by atoms with E-state index in [4.69, 9.17) is 5.73 Å². The number of benzene rings is 1. The van der Waals surface area contributed by atoms with Gasteiger partial charge < -0.3 is 11.1 Å². The fraction of sp³-hybridized carbons (Fsp3) is 0.533. The van der Waals surface area contributed by atoms with E-state index in [1.807, 2.05) is 24.3 Å². The number of carbonyl (C=O) groups is 1. The molecular weight excluding hydrogens is 224 g/mol. The van der Waals surface area contributed by atoms with Crippen LogP contribution in [0.4, 0.5) is 5.69 Å².